The summed E-state index contributed by atoms with van der Waals surface area (Å²) < 4.78 is 64.5. The van der Waals surface area contributed by atoms with Crippen molar-refractivity contribution in [3.63, 3.8) is 0 Å². The molecule has 0 amide bonds. The molecular formula is C21H27NO6S2. The van der Waals surface area contributed by atoms with E-state index in [9.17, 15) is 25.9 Å². The van der Waals surface area contributed by atoms with Gasteiger partial charge in [-0.25, -0.2) is 0 Å². The van der Waals surface area contributed by atoms with Crippen molar-refractivity contribution in [2.45, 2.75) is 38.0 Å². The van der Waals surface area contributed by atoms with Crippen LogP contribution in [0.3, 0.4) is 0 Å². The fraction of sp³-hybridized carbons (Fsp3) is 0.333. The van der Waals surface area contributed by atoms with Crippen molar-refractivity contribution < 1.29 is 25.9 Å². The summed E-state index contributed by atoms with van der Waals surface area (Å²) in [5, 5.41) is 0. The van der Waals surface area contributed by atoms with Gasteiger partial charge in [0.15, 0.2) is 0 Å². The summed E-state index contributed by atoms with van der Waals surface area (Å²) in [5.41, 5.74) is 2.34. The van der Waals surface area contributed by atoms with Gasteiger partial charge < -0.3 is 4.90 Å². The van der Waals surface area contributed by atoms with Crippen LogP contribution in [0.25, 0.3) is 0 Å². The van der Waals surface area contributed by atoms with Gasteiger partial charge >= 0.3 is 0 Å². The normalized spacial score (nSPS) is 18.7. The van der Waals surface area contributed by atoms with E-state index in [2.05, 4.69) is 0 Å². The molecule has 0 spiro atoms. The Morgan fingerprint density at radius 2 is 1.80 bits per heavy atom. The van der Waals surface area contributed by atoms with Gasteiger partial charge in [0, 0.05) is 23.3 Å². The molecule has 1 aromatic carbocycles. The molecule has 0 saturated carbocycles. The molecule has 30 heavy (non-hydrogen) atoms. The second-order valence-electron chi connectivity index (χ2n) is 7.56. The third-order valence-corrected chi connectivity index (χ3v) is 6.45. The van der Waals surface area contributed by atoms with E-state index in [0.29, 0.717) is 11.3 Å². The highest BCUT2D eigenvalue weighted by atomic mass is 32.2. The number of nitrogens with zero attached hydrogens (tertiary/aromatic N) is 1. The topological polar surface area (TPSA) is 112 Å². The molecule has 7 nitrogen and oxygen atoms in total. The molecule has 0 unspecified atom stereocenters. The summed E-state index contributed by atoms with van der Waals surface area (Å²) in [7, 11) is -8.57. The van der Waals surface area contributed by atoms with Gasteiger partial charge in [0.2, 0.25) is 0 Å². The number of allylic oxidation sites excluding steroid dienone is 8. The van der Waals surface area contributed by atoms with Crippen LogP contribution in [-0.2, 0) is 25.7 Å². The van der Waals surface area contributed by atoms with Crippen molar-refractivity contribution in [3.05, 3.63) is 71.5 Å². The lowest BCUT2D eigenvalue weighted by Gasteiger charge is -2.26. The van der Waals surface area contributed by atoms with Crippen molar-refractivity contribution in [2.24, 2.45) is 0 Å². The number of benzene rings is 1. The molecule has 164 valence electrons. The van der Waals surface area contributed by atoms with Crippen molar-refractivity contribution in [1.82, 2.24) is 0 Å². The fourth-order valence-corrected chi connectivity index (χ4v) is 4.28. The van der Waals surface area contributed by atoms with E-state index in [4.69, 9.17) is 0 Å². The maximum Gasteiger partial charge on any atom is 0.294 e. The first-order chi connectivity index (χ1) is 13.8. The predicted octanol–water partition coefficient (Wildman–Crippen LogP) is 3.88. The molecule has 1 aromatic rings. The molecule has 0 saturated heterocycles. The smallest absolute Gasteiger partial charge is 0.294 e. The third kappa shape index (κ3) is 5.69. The zero-order valence-corrected chi connectivity index (χ0v) is 19.0. The van der Waals surface area contributed by atoms with Gasteiger partial charge in [-0.15, -0.1) is 0 Å². The highest BCUT2D eigenvalue weighted by molar-refractivity contribution is 7.86. The van der Waals surface area contributed by atoms with Gasteiger partial charge in [-0.3, -0.25) is 9.11 Å². The van der Waals surface area contributed by atoms with E-state index in [0.717, 1.165) is 11.3 Å². The minimum atomic E-state index is -4.38. The van der Waals surface area contributed by atoms with Crippen LogP contribution in [-0.4, -0.2) is 38.2 Å². The van der Waals surface area contributed by atoms with Gasteiger partial charge in [0.1, 0.15) is 0 Å². The van der Waals surface area contributed by atoms with Crippen LogP contribution < -0.4 is 4.90 Å². The van der Waals surface area contributed by atoms with Crippen molar-refractivity contribution in [2.75, 3.05) is 17.2 Å². The Balaban J connectivity index is 2.57. The molecule has 0 atom stereocenters. The Labute approximate surface area is 178 Å². The number of hydrogen-bond donors (Lipinski definition) is 2. The molecular weight excluding hydrogens is 426 g/mol. The van der Waals surface area contributed by atoms with Crippen LogP contribution in [0.1, 0.15) is 33.3 Å². The van der Waals surface area contributed by atoms with E-state index >= 15 is 0 Å². The molecule has 2 rings (SSSR count). The largest absolute Gasteiger partial charge is 0.343 e. The quantitative estimate of drug-likeness (QED) is 0.476. The lowest BCUT2D eigenvalue weighted by atomic mass is 9.83. The first-order valence-corrected chi connectivity index (χ1v) is 12.4. The standard InChI is InChI=1S/C21H27NO6S2/c1-5-6-8-16(2)9-7-10-20-21(3,4)18-15-17(30(26,27)28)11-12-19(18)22(20)13-14-29(23,24)25/h5-12,15H,13-14H2,1-4H3,(H,23,24,25)(H,26,27,28)/b6-5+,9-7+,16-8+,20-10+. The van der Waals surface area contributed by atoms with Gasteiger partial charge in [0.25, 0.3) is 20.2 Å². The van der Waals surface area contributed by atoms with Gasteiger partial charge in [0.05, 0.1) is 10.6 Å². The van der Waals surface area contributed by atoms with Crippen LogP contribution in [0.2, 0.25) is 0 Å². The van der Waals surface area contributed by atoms with E-state index in [1.165, 1.54) is 18.2 Å². The monoisotopic (exact) mass is 453 g/mol. The molecule has 0 fully saturated rings. The second kappa shape index (κ2) is 8.89. The molecule has 1 heterocycles. The number of fused-ring (bicyclic) bond motifs is 1. The van der Waals surface area contributed by atoms with Crippen molar-refractivity contribution in [3.8, 4) is 0 Å². The van der Waals surface area contributed by atoms with Gasteiger partial charge in [-0.1, -0.05) is 49.8 Å². The third-order valence-electron chi connectivity index (χ3n) is 4.90. The first kappa shape index (κ1) is 24.1. The molecule has 0 aliphatic carbocycles. The van der Waals surface area contributed by atoms with Crippen LogP contribution in [0, 0.1) is 0 Å². The average molecular weight is 454 g/mol. The lowest BCUT2D eigenvalue weighted by Crippen LogP contribution is -2.30. The van der Waals surface area contributed by atoms with Crippen LogP contribution >= 0.6 is 0 Å². The van der Waals surface area contributed by atoms with E-state index in [-0.39, 0.29) is 11.4 Å². The fourth-order valence-electron chi connectivity index (χ4n) is 3.36. The summed E-state index contributed by atoms with van der Waals surface area (Å²) >= 11 is 0. The zero-order chi connectivity index (χ0) is 22.7. The first-order valence-electron chi connectivity index (χ1n) is 9.30. The Bertz CT molecular complexity index is 1140. The summed E-state index contributed by atoms with van der Waals surface area (Å²) in [5.74, 6) is -0.482. The van der Waals surface area contributed by atoms with Gasteiger partial charge in [-0.05, 0) is 43.7 Å². The van der Waals surface area contributed by atoms with Gasteiger partial charge in [-0.2, -0.15) is 16.8 Å². The average Bonchev–Trinajstić information content (AvgIpc) is 2.83. The molecule has 0 radical (unpaired) electrons. The maximum atomic E-state index is 11.6. The lowest BCUT2D eigenvalue weighted by molar-refractivity contribution is 0.480. The highest BCUT2D eigenvalue weighted by Gasteiger charge is 2.40. The summed E-state index contributed by atoms with van der Waals surface area (Å²) in [6.45, 7) is 7.62. The molecule has 1 aliphatic heterocycles. The Morgan fingerprint density at radius 1 is 1.13 bits per heavy atom. The van der Waals surface area contributed by atoms with Crippen LogP contribution in [0.15, 0.2) is 70.8 Å². The molecule has 0 aromatic heterocycles. The molecule has 1 aliphatic rings. The SMILES string of the molecule is C/C=C/C=C(C)/C=C/C=C1/N(CCS(=O)(=O)O)c2ccc(S(=O)(=O)O)cc2C1(C)C. The Kier molecular flexibility index (Phi) is 7.13. The van der Waals surface area contributed by atoms with Crippen molar-refractivity contribution >= 4 is 25.9 Å². The number of anilines is 1. The summed E-state index contributed by atoms with van der Waals surface area (Å²) in [6, 6.07) is 4.20. The van der Waals surface area contributed by atoms with E-state index in [1.807, 2.05) is 64.2 Å². The number of hydrogen-bond acceptors (Lipinski definition) is 5. The highest BCUT2D eigenvalue weighted by Crippen LogP contribution is 2.48. The Morgan fingerprint density at radius 3 is 2.37 bits per heavy atom. The van der Waals surface area contributed by atoms with Crippen molar-refractivity contribution in [1.29, 1.82) is 0 Å². The Hall–Kier alpha value is -2.20. The minimum absolute atomic E-state index is 0.00640. The predicted molar refractivity (Wildman–Crippen MR) is 119 cm³/mol. The summed E-state index contributed by atoms with van der Waals surface area (Å²) in [6.07, 6.45) is 11.3. The molecule has 0 bridgehead atoms. The second-order valence-corrected chi connectivity index (χ2v) is 10.6. The summed E-state index contributed by atoms with van der Waals surface area (Å²) in [4.78, 5) is 1.51. The number of rotatable bonds is 7. The minimum Gasteiger partial charge on any atom is -0.343 e. The van der Waals surface area contributed by atoms with E-state index < -0.39 is 31.4 Å². The molecule has 9 heteroatoms. The van der Waals surface area contributed by atoms with E-state index in [1.54, 1.807) is 4.90 Å². The zero-order valence-electron chi connectivity index (χ0n) is 17.4. The maximum absolute atomic E-state index is 11.6. The van der Waals surface area contributed by atoms with Crippen LogP contribution in [0.5, 0.6) is 0 Å². The molecule has 2 N–H and O–H groups in total. The van der Waals surface area contributed by atoms with Crippen LogP contribution in [0.4, 0.5) is 5.69 Å².